The van der Waals surface area contributed by atoms with E-state index in [0.29, 0.717) is 16.0 Å². The predicted molar refractivity (Wildman–Crippen MR) is 82.3 cm³/mol. The Balaban J connectivity index is 1.84. The smallest absolute Gasteiger partial charge is 0.0595 e. The minimum atomic E-state index is 0.649. The molecule has 1 fully saturated rings. The lowest BCUT2D eigenvalue weighted by Crippen LogP contribution is -2.15. The predicted octanol–water partition coefficient (Wildman–Crippen LogP) is 5.69. The third kappa shape index (κ3) is 4.37. The topological polar surface area (TPSA) is 9.23 Å². The second kappa shape index (κ2) is 7.52. The average molecular weight is 301 g/mol. The number of halogens is 2. The van der Waals surface area contributed by atoms with Crippen LogP contribution < -0.4 is 0 Å². The SMILES string of the molecule is CCOCCC1CCC(c2ccc(Cl)c(Cl)c2)CC1. The van der Waals surface area contributed by atoms with Gasteiger partial charge in [-0.1, -0.05) is 29.3 Å². The molecule has 0 aromatic heterocycles. The van der Waals surface area contributed by atoms with Crippen LogP contribution in [0.2, 0.25) is 10.0 Å². The Morgan fingerprint density at radius 1 is 1.11 bits per heavy atom. The van der Waals surface area contributed by atoms with Crippen molar-refractivity contribution in [2.75, 3.05) is 13.2 Å². The number of ether oxygens (including phenoxy) is 1. The monoisotopic (exact) mass is 300 g/mol. The van der Waals surface area contributed by atoms with Crippen molar-refractivity contribution >= 4 is 23.2 Å². The van der Waals surface area contributed by atoms with E-state index < -0.39 is 0 Å². The van der Waals surface area contributed by atoms with Crippen LogP contribution in [-0.2, 0) is 4.74 Å². The lowest BCUT2D eigenvalue weighted by atomic mass is 9.78. The van der Waals surface area contributed by atoms with Gasteiger partial charge < -0.3 is 4.74 Å². The quantitative estimate of drug-likeness (QED) is 0.634. The molecule has 0 N–H and O–H groups in total. The maximum Gasteiger partial charge on any atom is 0.0595 e. The molecule has 0 unspecified atom stereocenters. The van der Waals surface area contributed by atoms with Crippen LogP contribution in [0.15, 0.2) is 18.2 Å². The Morgan fingerprint density at radius 2 is 1.84 bits per heavy atom. The van der Waals surface area contributed by atoms with Crippen LogP contribution in [0, 0.1) is 5.92 Å². The van der Waals surface area contributed by atoms with Crippen molar-refractivity contribution in [1.82, 2.24) is 0 Å². The minimum absolute atomic E-state index is 0.649. The number of hydrogen-bond donors (Lipinski definition) is 0. The Bertz CT molecular complexity index is 398. The molecular formula is C16H22Cl2O. The zero-order chi connectivity index (χ0) is 13.7. The summed E-state index contributed by atoms with van der Waals surface area (Å²) in [7, 11) is 0. The van der Waals surface area contributed by atoms with Crippen molar-refractivity contribution in [2.24, 2.45) is 5.92 Å². The zero-order valence-electron chi connectivity index (χ0n) is 11.5. The highest BCUT2D eigenvalue weighted by molar-refractivity contribution is 6.42. The summed E-state index contributed by atoms with van der Waals surface area (Å²) in [4.78, 5) is 0. The molecule has 1 saturated carbocycles. The third-order valence-corrected chi connectivity index (χ3v) is 4.88. The van der Waals surface area contributed by atoms with Gasteiger partial charge in [0.1, 0.15) is 0 Å². The van der Waals surface area contributed by atoms with Gasteiger partial charge in [0.25, 0.3) is 0 Å². The van der Waals surface area contributed by atoms with E-state index in [1.54, 1.807) is 0 Å². The Morgan fingerprint density at radius 3 is 2.47 bits per heavy atom. The van der Waals surface area contributed by atoms with Crippen molar-refractivity contribution in [3.8, 4) is 0 Å². The third-order valence-electron chi connectivity index (χ3n) is 4.14. The molecule has 0 radical (unpaired) electrons. The van der Waals surface area contributed by atoms with Crippen LogP contribution in [0.25, 0.3) is 0 Å². The minimum Gasteiger partial charge on any atom is -0.382 e. The second-order valence-electron chi connectivity index (χ2n) is 5.38. The largest absolute Gasteiger partial charge is 0.382 e. The molecule has 1 nitrogen and oxygen atoms in total. The summed E-state index contributed by atoms with van der Waals surface area (Å²) >= 11 is 12.1. The first kappa shape index (κ1) is 15.2. The maximum absolute atomic E-state index is 6.10. The Kier molecular flexibility index (Phi) is 6.00. The summed E-state index contributed by atoms with van der Waals surface area (Å²) in [5, 5.41) is 1.33. The van der Waals surface area contributed by atoms with Gasteiger partial charge in [-0.15, -0.1) is 0 Å². The lowest BCUT2D eigenvalue weighted by Gasteiger charge is -2.29. The van der Waals surface area contributed by atoms with Crippen molar-refractivity contribution in [2.45, 2.75) is 44.9 Å². The normalized spacial score (nSPS) is 23.5. The summed E-state index contributed by atoms with van der Waals surface area (Å²) < 4.78 is 5.44. The molecule has 0 atom stereocenters. The van der Waals surface area contributed by atoms with Crippen LogP contribution in [0.4, 0.5) is 0 Å². The molecule has 3 heteroatoms. The van der Waals surface area contributed by atoms with E-state index in [-0.39, 0.29) is 0 Å². The van der Waals surface area contributed by atoms with E-state index in [1.165, 1.54) is 37.7 Å². The highest BCUT2D eigenvalue weighted by atomic mass is 35.5. The van der Waals surface area contributed by atoms with E-state index in [4.69, 9.17) is 27.9 Å². The summed E-state index contributed by atoms with van der Waals surface area (Å²) in [6.45, 7) is 3.80. The van der Waals surface area contributed by atoms with Gasteiger partial charge in [0.15, 0.2) is 0 Å². The first-order chi connectivity index (χ1) is 9.20. The molecule has 0 spiro atoms. The van der Waals surface area contributed by atoms with Gasteiger partial charge in [-0.05, 0) is 68.6 Å². The molecule has 0 aliphatic heterocycles. The molecule has 2 rings (SSSR count). The second-order valence-corrected chi connectivity index (χ2v) is 6.19. The van der Waals surface area contributed by atoms with Gasteiger partial charge in [-0.2, -0.15) is 0 Å². The van der Waals surface area contributed by atoms with E-state index in [1.807, 2.05) is 12.1 Å². The van der Waals surface area contributed by atoms with Gasteiger partial charge >= 0.3 is 0 Å². The van der Waals surface area contributed by atoms with Crippen molar-refractivity contribution < 1.29 is 4.74 Å². The number of rotatable bonds is 5. The van der Waals surface area contributed by atoms with Gasteiger partial charge in [-0.25, -0.2) is 0 Å². The van der Waals surface area contributed by atoms with E-state index >= 15 is 0 Å². The molecule has 19 heavy (non-hydrogen) atoms. The standard InChI is InChI=1S/C16H22Cl2O/c1-2-19-10-9-12-3-5-13(6-4-12)14-7-8-15(17)16(18)11-14/h7-8,11-13H,2-6,9-10H2,1H3. The number of hydrogen-bond acceptors (Lipinski definition) is 1. The molecular weight excluding hydrogens is 279 g/mol. The zero-order valence-corrected chi connectivity index (χ0v) is 13.0. The first-order valence-electron chi connectivity index (χ1n) is 7.23. The van der Waals surface area contributed by atoms with Crippen LogP contribution in [-0.4, -0.2) is 13.2 Å². The van der Waals surface area contributed by atoms with Crippen LogP contribution >= 0.6 is 23.2 Å². The first-order valence-corrected chi connectivity index (χ1v) is 7.99. The lowest BCUT2D eigenvalue weighted by molar-refractivity contribution is 0.123. The fourth-order valence-corrected chi connectivity index (χ4v) is 3.25. The Hall–Kier alpha value is -0.240. The van der Waals surface area contributed by atoms with Gasteiger partial charge in [-0.3, -0.25) is 0 Å². The molecule has 0 amide bonds. The van der Waals surface area contributed by atoms with Gasteiger partial charge in [0, 0.05) is 13.2 Å². The molecule has 106 valence electrons. The number of benzene rings is 1. The highest BCUT2D eigenvalue weighted by Gasteiger charge is 2.22. The molecule has 1 aliphatic rings. The summed E-state index contributed by atoms with van der Waals surface area (Å²) in [5.74, 6) is 1.49. The van der Waals surface area contributed by atoms with Gasteiger partial charge in [0.2, 0.25) is 0 Å². The fourth-order valence-electron chi connectivity index (χ4n) is 2.95. The molecule has 1 aliphatic carbocycles. The van der Waals surface area contributed by atoms with Crippen LogP contribution in [0.5, 0.6) is 0 Å². The molecule has 1 aromatic carbocycles. The van der Waals surface area contributed by atoms with E-state index in [0.717, 1.165) is 19.1 Å². The van der Waals surface area contributed by atoms with Crippen LogP contribution in [0.1, 0.15) is 50.5 Å². The summed E-state index contributed by atoms with van der Waals surface area (Å²) in [5.41, 5.74) is 1.35. The van der Waals surface area contributed by atoms with Crippen molar-refractivity contribution in [3.05, 3.63) is 33.8 Å². The summed E-state index contributed by atoms with van der Waals surface area (Å²) in [6, 6.07) is 6.08. The fraction of sp³-hybridized carbons (Fsp3) is 0.625. The van der Waals surface area contributed by atoms with Gasteiger partial charge in [0.05, 0.1) is 10.0 Å². The van der Waals surface area contributed by atoms with Crippen molar-refractivity contribution in [3.63, 3.8) is 0 Å². The van der Waals surface area contributed by atoms with Crippen molar-refractivity contribution in [1.29, 1.82) is 0 Å². The molecule has 0 heterocycles. The average Bonchev–Trinajstić information content (AvgIpc) is 2.43. The van der Waals surface area contributed by atoms with E-state index in [2.05, 4.69) is 13.0 Å². The molecule has 1 aromatic rings. The summed E-state index contributed by atoms with van der Waals surface area (Å²) in [6.07, 6.45) is 6.33. The van der Waals surface area contributed by atoms with Crippen LogP contribution in [0.3, 0.4) is 0 Å². The molecule has 0 bridgehead atoms. The Labute approximate surface area is 126 Å². The highest BCUT2D eigenvalue weighted by Crippen LogP contribution is 2.38. The molecule has 0 saturated heterocycles. The van der Waals surface area contributed by atoms with E-state index in [9.17, 15) is 0 Å². The maximum atomic E-state index is 6.10.